The summed E-state index contributed by atoms with van der Waals surface area (Å²) in [5, 5.41) is 10.8. The Bertz CT molecular complexity index is 767. The zero-order chi connectivity index (χ0) is 17.9. The van der Waals surface area contributed by atoms with Crippen molar-refractivity contribution in [3.8, 4) is 5.69 Å². The second-order valence-corrected chi connectivity index (χ2v) is 6.67. The minimum absolute atomic E-state index is 0.0594. The topological polar surface area (TPSA) is 83.4 Å². The first-order chi connectivity index (χ1) is 12.7. The third kappa shape index (κ3) is 3.20. The number of carbonyl (C=O) groups is 2. The van der Waals surface area contributed by atoms with Gasteiger partial charge in [-0.1, -0.05) is 0 Å². The molecule has 8 heteroatoms. The quantitative estimate of drug-likeness (QED) is 0.857. The molecule has 2 aliphatic heterocycles. The summed E-state index contributed by atoms with van der Waals surface area (Å²) in [5.41, 5.74) is 1.47. The molecule has 26 heavy (non-hydrogen) atoms. The van der Waals surface area contributed by atoms with E-state index in [2.05, 4.69) is 15.5 Å². The van der Waals surface area contributed by atoms with Gasteiger partial charge in [0.1, 0.15) is 18.7 Å². The fourth-order valence-electron chi connectivity index (χ4n) is 3.59. The van der Waals surface area contributed by atoms with Crippen LogP contribution in [0.25, 0.3) is 5.69 Å². The first-order valence-electron chi connectivity index (χ1n) is 8.99. The Labute approximate surface area is 151 Å². The molecule has 0 aliphatic carbocycles. The Balaban J connectivity index is 1.52. The SMILES string of the molecule is O=C([C@@H]1CNCCN1C(=O)c1ccc(-n2cnnc2)cc1)N1CCCC1. The lowest BCUT2D eigenvalue weighted by Gasteiger charge is -2.37. The van der Waals surface area contributed by atoms with Crippen molar-refractivity contribution < 1.29 is 9.59 Å². The largest absolute Gasteiger partial charge is 0.341 e. The van der Waals surface area contributed by atoms with Crippen LogP contribution in [-0.2, 0) is 4.79 Å². The third-order valence-electron chi connectivity index (χ3n) is 5.04. The van der Waals surface area contributed by atoms with E-state index >= 15 is 0 Å². The van der Waals surface area contributed by atoms with Gasteiger partial charge in [0.25, 0.3) is 5.91 Å². The van der Waals surface area contributed by atoms with Gasteiger partial charge in [0, 0.05) is 44.0 Å². The fourth-order valence-corrected chi connectivity index (χ4v) is 3.59. The minimum atomic E-state index is -0.424. The lowest BCUT2D eigenvalue weighted by atomic mass is 10.1. The van der Waals surface area contributed by atoms with Crippen LogP contribution in [-0.4, -0.2) is 75.1 Å². The minimum Gasteiger partial charge on any atom is -0.341 e. The van der Waals surface area contributed by atoms with E-state index in [9.17, 15) is 9.59 Å². The van der Waals surface area contributed by atoms with E-state index in [0.29, 0.717) is 25.2 Å². The molecule has 3 heterocycles. The van der Waals surface area contributed by atoms with Crippen molar-refractivity contribution in [1.82, 2.24) is 29.9 Å². The molecule has 0 spiro atoms. The van der Waals surface area contributed by atoms with Crippen molar-refractivity contribution in [2.75, 3.05) is 32.7 Å². The molecule has 136 valence electrons. The molecule has 2 amide bonds. The molecular formula is C18H22N6O2. The summed E-state index contributed by atoms with van der Waals surface area (Å²) >= 11 is 0. The van der Waals surface area contributed by atoms with Gasteiger partial charge in [-0.3, -0.25) is 14.2 Å². The van der Waals surface area contributed by atoms with Gasteiger partial charge in [0.05, 0.1) is 0 Å². The number of benzene rings is 1. The molecule has 2 aliphatic rings. The number of aromatic nitrogens is 3. The highest BCUT2D eigenvalue weighted by Crippen LogP contribution is 2.17. The number of hydrogen-bond acceptors (Lipinski definition) is 5. The van der Waals surface area contributed by atoms with Crippen LogP contribution in [0.15, 0.2) is 36.9 Å². The molecule has 2 saturated heterocycles. The second-order valence-electron chi connectivity index (χ2n) is 6.67. The highest BCUT2D eigenvalue weighted by molar-refractivity contribution is 5.98. The van der Waals surface area contributed by atoms with Crippen LogP contribution >= 0.6 is 0 Å². The summed E-state index contributed by atoms with van der Waals surface area (Å²) in [6.45, 7) is 3.35. The molecule has 0 unspecified atom stereocenters. The average Bonchev–Trinajstić information content (AvgIpc) is 3.41. The monoisotopic (exact) mass is 354 g/mol. The van der Waals surface area contributed by atoms with E-state index < -0.39 is 6.04 Å². The maximum atomic E-state index is 13.0. The summed E-state index contributed by atoms with van der Waals surface area (Å²) in [6, 6.07) is 6.87. The number of piperazine rings is 1. The standard InChI is InChI=1S/C18H22N6O2/c25-17(14-3-5-15(6-4-14)23-12-20-21-13-23)24-10-7-19-11-16(24)18(26)22-8-1-2-9-22/h3-6,12-13,16,19H,1-2,7-11H2/t16-/m0/s1. The molecule has 0 saturated carbocycles. The number of likely N-dealkylation sites (tertiary alicyclic amines) is 1. The summed E-state index contributed by atoms with van der Waals surface area (Å²) in [6.07, 6.45) is 5.31. The fraction of sp³-hybridized carbons (Fsp3) is 0.444. The van der Waals surface area contributed by atoms with Crippen molar-refractivity contribution in [2.24, 2.45) is 0 Å². The number of nitrogens with one attached hydrogen (secondary N) is 1. The van der Waals surface area contributed by atoms with Gasteiger partial charge in [-0.25, -0.2) is 0 Å². The Hall–Kier alpha value is -2.74. The number of amides is 2. The lowest BCUT2D eigenvalue weighted by molar-refractivity contribution is -0.135. The number of carbonyl (C=O) groups excluding carboxylic acids is 2. The summed E-state index contributed by atoms with van der Waals surface area (Å²) in [4.78, 5) is 29.4. The van der Waals surface area contributed by atoms with E-state index in [1.165, 1.54) is 0 Å². The van der Waals surface area contributed by atoms with Gasteiger partial charge in [0.2, 0.25) is 5.91 Å². The van der Waals surface area contributed by atoms with Gasteiger partial charge < -0.3 is 15.1 Å². The van der Waals surface area contributed by atoms with Crippen LogP contribution in [0.3, 0.4) is 0 Å². The van der Waals surface area contributed by atoms with Crippen LogP contribution in [0.4, 0.5) is 0 Å². The summed E-state index contributed by atoms with van der Waals surface area (Å²) < 4.78 is 1.78. The molecule has 8 nitrogen and oxygen atoms in total. The average molecular weight is 354 g/mol. The Morgan fingerprint density at radius 3 is 2.38 bits per heavy atom. The molecule has 1 N–H and O–H groups in total. The van der Waals surface area contributed by atoms with Gasteiger partial charge in [0.15, 0.2) is 0 Å². The third-order valence-corrected chi connectivity index (χ3v) is 5.04. The smallest absolute Gasteiger partial charge is 0.254 e. The van der Waals surface area contributed by atoms with E-state index in [-0.39, 0.29) is 11.8 Å². The maximum absolute atomic E-state index is 13.0. The molecule has 0 bridgehead atoms. The second kappa shape index (κ2) is 7.25. The van der Waals surface area contributed by atoms with Gasteiger partial charge >= 0.3 is 0 Å². The Morgan fingerprint density at radius 2 is 1.69 bits per heavy atom. The normalized spacial score (nSPS) is 20.4. The molecular weight excluding hydrogens is 332 g/mol. The first kappa shape index (κ1) is 16.7. The predicted octanol–water partition coefficient (Wildman–Crippen LogP) is 0.304. The van der Waals surface area contributed by atoms with Crippen molar-refractivity contribution in [1.29, 1.82) is 0 Å². The van der Waals surface area contributed by atoms with E-state index in [1.807, 2.05) is 17.0 Å². The molecule has 1 atom stereocenters. The molecule has 0 radical (unpaired) electrons. The molecule has 1 aromatic carbocycles. The van der Waals surface area contributed by atoms with Crippen LogP contribution in [0, 0.1) is 0 Å². The van der Waals surface area contributed by atoms with Crippen LogP contribution < -0.4 is 5.32 Å². The lowest BCUT2D eigenvalue weighted by Crippen LogP contribution is -2.59. The molecule has 2 fully saturated rings. The van der Waals surface area contributed by atoms with Crippen LogP contribution in [0.5, 0.6) is 0 Å². The van der Waals surface area contributed by atoms with Crippen molar-refractivity contribution in [3.63, 3.8) is 0 Å². The summed E-state index contributed by atoms with van der Waals surface area (Å²) in [5.74, 6) is -0.0384. The zero-order valence-corrected chi connectivity index (χ0v) is 14.5. The first-order valence-corrected chi connectivity index (χ1v) is 8.99. The van der Waals surface area contributed by atoms with Crippen molar-refractivity contribution in [2.45, 2.75) is 18.9 Å². The number of hydrogen-bond donors (Lipinski definition) is 1. The van der Waals surface area contributed by atoms with Gasteiger partial charge in [-0.15, -0.1) is 10.2 Å². The Kier molecular flexibility index (Phi) is 4.66. The molecule has 1 aromatic heterocycles. The van der Waals surface area contributed by atoms with Crippen LogP contribution in [0.1, 0.15) is 23.2 Å². The van der Waals surface area contributed by atoms with E-state index in [4.69, 9.17) is 0 Å². The number of nitrogens with zero attached hydrogens (tertiary/aromatic N) is 5. The van der Waals surface area contributed by atoms with Gasteiger partial charge in [-0.2, -0.15) is 0 Å². The maximum Gasteiger partial charge on any atom is 0.254 e. The van der Waals surface area contributed by atoms with E-state index in [1.54, 1.807) is 34.3 Å². The van der Waals surface area contributed by atoms with Crippen LogP contribution in [0.2, 0.25) is 0 Å². The molecule has 4 rings (SSSR count). The van der Waals surface area contributed by atoms with Crippen molar-refractivity contribution in [3.05, 3.63) is 42.5 Å². The van der Waals surface area contributed by atoms with Gasteiger partial charge in [-0.05, 0) is 37.1 Å². The summed E-state index contributed by atoms with van der Waals surface area (Å²) in [7, 11) is 0. The molecule has 2 aromatic rings. The Morgan fingerprint density at radius 1 is 1.00 bits per heavy atom. The van der Waals surface area contributed by atoms with E-state index in [0.717, 1.165) is 31.6 Å². The zero-order valence-electron chi connectivity index (χ0n) is 14.5. The highest BCUT2D eigenvalue weighted by atomic mass is 16.2. The van der Waals surface area contributed by atoms with Crippen molar-refractivity contribution >= 4 is 11.8 Å². The number of rotatable bonds is 3. The highest BCUT2D eigenvalue weighted by Gasteiger charge is 2.35. The predicted molar refractivity (Wildman–Crippen MR) is 94.9 cm³/mol.